The summed E-state index contributed by atoms with van der Waals surface area (Å²) in [6, 6.07) is 8.06. The fraction of sp³-hybridized carbons (Fsp3) is 0.333. The number of nitrogens with zero attached hydrogens (tertiary/aromatic N) is 2. The quantitative estimate of drug-likeness (QED) is 0.739. The summed E-state index contributed by atoms with van der Waals surface area (Å²) in [6.07, 6.45) is 4.37. The number of hydrogen-bond acceptors (Lipinski definition) is 3. The number of benzene rings is 1. The Kier molecular flexibility index (Phi) is 2.54. The van der Waals surface area contributed by atoms with Crippen molar-refractivity contribution in [2.75, 3.05) is 7.11 Å². The van der Waals surface area contributed by atoms with E-state index in [4.69, 9.17) is 4.74 Å². The van der Waals surface area contributed by atoms with E-state index in [1.807, 2.05) is 18.3 Å². The highest BCUT2D eigenvalue weighted by Crippen LogP contribution is 2.20. The van der Waals surface area contributed by atoms with Crippen molar-refractivity contribution >= 4 is 12.6 Å². The summed E-state index contributed by atoms with van der Waals surface area (Å²) in [5, 5.41) is 0. The maximum atomic E-state index is 5.11. The van der Waals surface area contributed by atoms with E-state index in [0.29, 0.717) is 0 Å². The molecule has 3 nitrogen and oxygen atoms in total. The van der Waals surface area contributed by atoms with Gasteiger partial charge >= 0.3 is 0 Å². The first-order chi connectivity index (χ1) is 7.22. The number of rotatable bonds is 3. The largest absolute Gasteiger partial charge is 0.497 e. The van der Waals surface area contributed by atoms with Crippen LogP contribution in [0.5, 0.6) is 5.75 Å². The van der Waals surface area contributed by atoms with Gasteiger partial charge in [-0.15, -0.1) is 0 Å². The van der Waals surface area contributed by atoms with Crippen LogP contribution in [-0.2, 0) is 6.42 Å². The molecule has 1 atom stereocenters. The van der Waals surface area contributed by atoms with E-state index < -0.39 is 0 Å². The summed E-state index contributed by atoms with van der Waals surface area (Å²) in [5.41, 5.74) is 1.07. The van der Waals surface area contributed by atoms with Crippen LogP contribution in [0.1, 0.15) is 12.5 Å². The average molecular weight is 202 g/mol. The predicted octanol–water partition coefficient (Wildman–Crippen LogP) is 2.11. The molecule has 2 rings (SSSR count). The van der Waals surface area contributed by atoms with Crippen molar-refractivity contribution < 1.29 is 4.74 Å². The second-order valence-corrected chi connectivity index (χ2v) is 3.90. The number of ether oxygens (including phenoxy) is 1. The maximum absolute atomic E-state index is 5.11. The molecular weight excluding hydrogens is 188 g/mol. The Hall–Kier alpha value is -1.64. The smallest absolute Gasteiger partial charge is 0.118 e. The standard InChI is InChI=1S/C12H14N2O/c1-12(8-13-9-14-12)7-10-3-5-11(15-2)6-4-10/h3-6,8-9H,7H2,1-2H3. The van der Waals surface area contributed by atoms with E-state index >= 15 is 0 Å². The van der Waals surface area contributed by atoms with Crippen molar-refractivity contribution in [3.8, 4) is 5.75 Å². The van der Waals surface area contributed by atoms with Gasteiger partial charge in [0.05, 0.1) is 12.6 Å². The molecule has 0 aliphatic carbocycles. The lowest BCUT2D eigenvalue weighted by Crippen LogP contribution is -2.24. The highest BCUT2D eigenvalue weighted by Gasteiger charge is 2.22. The normalized spacial score (nSPS) is 23.3. The Balaban J connectivity index is 2.11. The van der Waals surface area contributed by atoms with E-state index in [2.05, 4.69) is 29.0 Å². The second-order valence-electron chi connectivity index (χ2n) is 3.90. The third-order valence-electron chi connectivity index (χ3n) is 2.49. The molecule has 1 aromatic rings. The van der Waals surface area contributed by atoms with E-state index in [-0.39, 0.29) is 5.54 Å². The van der Waals surface area contributed by atoms with Crippen molar-refractivity contribution in [1.29, 1.82) is 0 Å². The molecular formula is C12H14N2O. The lowest BCUT2D eigenvalue weighted by Gasteiger charge is -2.16. The Morgan fingerprint density at radius 3 is 2.53 bits per heavy atom. The van der Waals surface area contributed by atoms with Crippen LogP contribution >= 0.6 is 0 Å². The number of aliphatic imine (C=N–C) groups is 2. The highest BCUT2D eigenvalue weighted by atomic mass is 16.5. The summed E-state index contributed by atoms with van der Waals surface area (Å²) in [5.74, 6) is 0.882. The van der Waals surface area contributed by atoms with Crippen molar-refractivity contribution in [2.45, 2.75) is 18.9 Å². The first-order valence-electron chi connectivity index (χ1n) is 4.93. The molecule has 0 spiro atoms. The van der Waals surface area contributed by atoms with E-state index in [0.717, 1.165) is 12.2 Å². The lowest BCUT2D eigenvalue weighted by molar-refractivity contribution is 0.414. The van der Waals surface area contributed by atoms with Crippen LogP contribution in [0.3, 0.4) is 0 Å². The lowest BCUT2D eigenvalue weighted by atomic mass is 9.95. The topological polar surface area (TPSA) is 34.0 Å². The molecule has 15 heavy (non-hydrogen) atoms. The van der Waals surface area contributed by atoms with Gasteiger partial charge in [-0.25, -0.2) is 4.99 Å². The molecule has 0 saturated heterocycles. The van der Waals surface area contributed by atoms with Crippen LogP contribution < -0.4 is 4.74 Å². The molecule has 78 valence electrons. The number of methoxy groups -OCH3 is 1. The Morgan fingerprint density at radius 2 is 2.00 bits per heavy atom. The third kappa shape index (κ3) is 2.24. The zero-order valence-corrected chi connectivity index (χ0v) is 8.97. The van der Waals surface area contributed by atoms with Gasteiger partial charge in [0.25, 0.3) is 0 Å². The third-order valence-corrected chi connectivity index (χ3v) is 2.49. The van der Waals surface area contributed by atoms with Crippen molar-refractivity contribution in [1.82, 2.24) is 0 Å². The van der Waals surface area contributed by atoms with Crippen LogP contribution in [0, 0.1) is 0 Å². The highest BCUT2D eigenvalue weighted by molar-refractivity contribution is 5.85. The Bertz CT molecular complexity index is 381. The zero-order valence-electron chi connectivity index (χ0n) is 8.97. The van der Waals surface area contributed by atoms with Gasteiger partial charge in [0, 0.05) is 12.6 Å². The van der Waals surface area contributed by atoms with Crippen molar-refractivity contribution in [3.05, 3.63) is 29.8 Å². The SMILES string of the molecule is COc1ccc(CC2(C)C=NC=N2)cc1. The van der Waals surface area contributed by atoms with E-state index in [1.165, 1.54) is 5.56 Å². The zero-order chi connectivity index (χ0) is 10.7. The molecule has 0 N–H and O–H groups in total. The van der Waals surface area contributed by atoms with Gasteiger partial charge in [-0.2, -0.15) is 0 Å². The van der Waals surface area contributed by atoms with Crippen LogP contribution in [0.4, 0.5) is 0 Å². The maximum Gasteiger partial charge on any atom is 0.118 e. The Morgan fingerprint density at radius 1 is 1.27 bits per heavy atom. The molecule has 0 fully saturated rings. The molecule has 0 bridgehead atoms. The van der Waals surface area contributed by atoms with Crippen molar-refractivity contribution in [3.63, 3.8) is 0 Å². The summed E-state index contributed by atoms with van der Waals surface area (Å²) >= 11 is 0. The molecule has 1 heterocycles. The minimum atomic E-state index is -0.172. The van der Waals surface area contributed by atoms with Gasteiger partial charge in [0.15, 0.2) is 0 Å². The number of hydrogen-bond donors (Lipinski definition) is 0. The van der Waals surface area contributed by atoms with Gasteiger partial charge in [-0.3, -0.25) is 4.99 Å². The molecule has 1 aliphatic heterocycles. The first kappa shape index (κ1) is 9.90. The van der Waals surface area contributed by atoms with Crippen LogP contribution in [0.2, 0.25) is 0 Å². The van der Waals surface area contributed by atoms with Crippen LogP contribution in [-0.4, -0.2) is 25.2 Å². The van der Waals surface area contributed by atoms with Gasteiger partial charge in [-0.05, 0) is 24.6 Å². The fourth-order valence-electron chi connectivity index (χ4n) is 1.64. The van der Waals surface area contributed by atoms with E-state index in [1.54, 1.807) is 13.4 Å². The molecule has 0 radical (unpaired) electrons. The molecule has 1 aliphatic rings. The van der Waals surface area contributed by atoms with Gasteiger partial charge in [0.1, 0.15) is 12.1 Å². The van der Waals surface area contributed by atoms with Gasteiger partial charge in [-0.1, -0.05) is 12.1 Å². The predicted molar refractivity (Wildman–Crippen MR) is 62.1 cm³/mol. The monoisotopic (exact) mass is 202 g/mol. The molecule has 0 aromatic heterocycles. The average Bonchev–Trinajstić information content (AvgIpc) is 2.66. The molecule has 1 aromatic carbocycles. The van der Waals surface area contributed by atoms with Crippen LogP contribution in [0.25, 0.3) is 0 Å². The molecule has 0 saturated carbocycles. The van der Waals surface area contributed by atoms with Gasteiger partial charge < -0.3 is 4.74 Å². The minimum absolute atomic E-state index is 0.172. The van der Waals surface area contributed by atoms with Crippen LogP contribution in [0.15, 0.2) is 34.3 Å². The summed E-state index contributed by atoms with van der Waals surface area (Å²) in [7, 11) is 1.67. The first-order valence-corrected chi connectivity index (χ1v) is 4.93. The van der Waals surface area contributed by atoms with Gasteiger partial charge in [0.2, 0.25) is 0 Å². The molecule has 0 amide bonds. The molecule has 3 heteroatoms. The van der Waals surface area contributed by atoms with E-state index in [9.17, 15) is 0 Å². The second kappa shape index (κ2) is 3.85. The van der Waals surface area contributed by atoms with Crippen molar-refractivity contribution in [2.24, 2.45) is 9.98 Å². The molecule has 1 unspecified atom stereocenters. The summed E-state index contributed by atoms with van der Waals surface area (Å²) in [6.45, 7) is 2.07. The summed E-state index contributed by atoms with van der Waals surface area (Å²) in [4.78, 5) is 8.35. The summed E-state index contributed by atoms with van der Waals surface area (Å²) < 4.78 is 5.11. The fourth-order valence-corrected chi connectivity index (χ4v) is 1.64. The minimum Gasteiger partial charge on any atom is -0.497 e. The Labute approximate surface area is 89.5 Å².